The topological polar surface area (TPSA) is 80.6 Å². The molecule has 5 nitrogen and oxygen atoms in total. The van der Waals surface area contributed by atoms with Gasteiger partial charge in [0.05, 0.1) is 5.75 Å². The molecule has 1 rings (SSSR count). The van der Waals surface area contributed by atoms with Crippen molar-refractivity contribution in [2.45, 2.75) is 5.75 Å². The molecule has 1 aromatic heterocycles. The van der Waals surface area contributed by atoms with Crippen LogP contribution in [0.5, 0.6) is 0 Å². The van der Waals surface area contributed by atoms with Crippen LogP contribution in [-0.4, -0.2) is 19.9 Å². The number of nitrogens with zero attached hydrogens (tertiary/aromatic N) is 3. The zero-order valence-electron chi connectivity index (χ0n) is 6.11. The van der Waals surface area contributed by atoms with E-state index in [0.29, 0.717) is 5.75 Å². The van der Waals surface area contributed by atoms with Gasteiger partial charge in [0.15, 0.2) is 5.17 Å². The van der Waals surface area contributed by atoms with Gasteiger partial charge in [-0.2, -0.15) is 0 Å². The van der Waals surface area contributed by atoms with E-state index in [1.807, 2.05) is 7.05 Å². The second kappa shape index (κ2) is 3.38. The van der Waals surface area contributed by atoms with Gasteiger partial charge < -0.3 is 10.3 Å². The Morgan fingerprint density at radius 3 is 3.09 bits per heavy atom. The average Bonchev–Trinajstić information content (AvgIpc) is 2.31. The highest BCUT2D eigenvalue weighted by atomic mass is 32.2. The van der Waals surface area contributed by atoms with Crippen LogP contribution in [-0.2, 0) is 12.8 Å². The molecule has 0 fully saturated rings. The molecule has 0 spiro atoms. The second-order valence-electron chi connectivity index (χ2n) is 2.01. The number of amidine groups is 1. The van der Waals surface area contributed by atoms with Crippen molar-refractivity contribution in [3.63, 3.8) is 0 Å². The summed E-state index contributed by atoms with van der Waals surface area (Å²) in [4.78, 5) is 0. The molecule has 0 aromatic carbocycles. The van der Waals surface area contributed by atoms with Gasteiger partial charge >= 0.3 is 0 Å². The Morgan fingerprint density at radius 1 is 1.91 bits per heavy atom. The molecule has 0 aliphatic heterocycles. The Morgan fingerprint density at radius 2 is 2.64 bits per heavy atom. The summed E-state index contributed by atoms with van der Waals surface area (Å²) in [6.45, 7) is 0. The Bertz CT molecular complexity index is 255. The van der Waals surface area contributed by atoms with Crippen molar-refractivity contribution in [1.29, 1.82) is 5.41 Å². The molecule has 3 N–H and O–H groups in total. The summed E-state index contributed by atoms with van der Waals surface area (Å²) in [6.07, 6.45) is 1.62. The average molecular weight is 171 g/mol. The number of thioether (sulfide) groups is 1. The van der Waals surface area contributed by atoms with Crippen LogP contribution in [0.15, 0.2) is 6.33 Å². The molecule has 0 atom stereocenters. The van der Waals surface area contributed by atoms with Crippen molar-refractivity contribution in [2.24, 2.45) is 12.8 Å². The number of hydrogen-bond donors (Lipinski definition) is 2. The van der Waals surface area contributed by atoms with Gasteiger partial charge in [0.1, 0.15) is 12.2 Å². The number of aromatic nitrogens is 3. The summed E-state index contributed by atoms with van der Waals surface area (Å²) in [5.74, 6) is 1.43. The van der Waals surface area contributed by atoms with Gasteiger partial charge in [-0.1, -0.05) is 11.8 Å². The molecule has 1 aromatic rings. The lowest BCUT2D eigenvalue weighted by molar-refractivity contribution is 0.850. The van der Waals surface area contributed by atoms with Gasteiger partial charge in [-0.3, -0.25) is 5.41 Å². The predicted octanol–water partition coefficient (Wildman–Crippen LogP) is -0.0582. The molecule has 0 aliphatic rings. The zero-order chi connectivity index (χ0) is 8.27. The van der Waals surface area contributed by atoms with Gasteiger partial charge in [0.2, 0.25) is 0 Å². The third-order valence-electron chi connectivity index (χ3n) is 1.16. The highest BCUT2D eigenvalue weighted by Crippen LogP contribution is 2.06. The summed E-state index contributed by atoms with van der Waals surface area (Å²) in [5.41, 5.74) is 5.15. The van der Waals surface area contributed by atoms with Crippen molar-refractivity contribution >= 4 is 16.9 Å². The first-order chi connectivity index (χ1) is 5.20. The van der Waals surface area contributed by atoms with E-state index in [1.165, 1.54) is 11.8 Å². The Hall–Kier alpha value is -1.04. The number of nitrogens with two attached hydrogens (primary N) is 1. The van der Waals surface area contributed by atoms with E-state index in [1.54, 1.807) is 10.9 Å². The molecule has 0 unspecified atom stereocenters. The quantitative estimate of drug-likeness (QED) is 0.482. The van der Waals surface area contributed by atoms with Crippen molar-refractivity contribution in [3.8, 4) is 0 Å². The molecule has 60 valence electrons. The monoisotopic (exact) mass is 171 g/mol. The largest absolute Gasteiger partial charge is 0.379 e. The normalized spacial score (nSPS) is 9.91. The van der Waals surface area contributed by atoms with E-state index in [9.17, 15) is 0 Å². The SMILES string of the molecule is Cn1cnnc1CSC(=N)N. The Kier molecular flexibility index (Phi) is 2.48. The highest BCUT2D eigenvalue weighted by molar-refractivity contribution is 8.12. The van der Waals surface area contributed by atoms with Crippen molar-refractivity contribution in [3.05, 3.63) is 12.2 Å². The molecule has 0 saturated carbocycles. The second-order valence-corrected chi connectivity index (χ2v) is 3.03. The van der Waals surface area contributed by atoms with Gasteiger partial charge in [-0.05, 0) is 0 Å². The first-order valence-corrected chi connectivity index (χ1v) is 3.98. The van der Waals surface area contributed by atoms with Crippen LogP contribution in [0.1, 0.15) is 5.82 Å². The predicted molar refractivity (Wildman–Crippen MR) is 44.2 cm³/mol. The molecule has 0 amide bonds. The van der Waals surface area contributed by atoms with E-state index in [2.05, 4.69) is 10.2 Å². The van der Waals surface area contributed by atoms with Crippen LogP contribution >= 0.6 is 11.8 Å². The van der Waals surface area contributed by atoms with Crippen molar-refractivity contribution in [1.82, 2.24) is 14.8 Å². The zero-order valence-corrected chi connectivity index (χ0v) is 6.93. The Balaban J connectivity index is 2.51. The minimum atomic E-state index is 0.105. The third kappa shape index (κ3) is 2.23. The fourth-order valence-electron chi connectivity index (χ4n) is 0.580. The van der Waals surface area contributed by atoms with Gasteiger partial charge in [0, 0.05) is 7.05 Å². The molecule has 6 heteroatoms. The fraction of sp³-hybridized carbons (Fsp3) is 0.400. The Labute approximate surface area is 68.5 Å². The summed E-state index contributed by atoms with van der Waals surface area (Å²) >= 11 is 1.24. The number of rotatable bonds is 2. The highest BCUT2D eigenvalue weighted by Gasteiger charge is 2.00. The standard InChI is InChI=1S/C5H9N5S/c1-10-3-8-9-4(10)2-11-5(6)7/h3H,2H2,1H3,(H3,6,7). The summed E-state index contributed by atoms with van der Waals surface area (Å²) < 4.78 is 1.80. The van der Waals surface area contributed by atoms with Gasteiger partial charge in [-0.15, -0.1) is 10.2 Å². The molecule has 0 radical (unpaired) electrons. The number of aryl methyl sites for hydroxylation is 1. The van der Waals surface area contributed by atoms with E-state index < -0.39 is 0 Å². The molecule has 0 saturated heterocycles. The summed E-state index contributed by atoms with van der Waals surface area (Å²) in [6, 6.07) is 0. The van der Waals surface area contributed by atoms with Crippen molar-refractivity contribution in [2.75, 3.05) is 0 Å². The lowest BCUT2D eigenvalue weighted by Gasteiger charge is -1.97. The minimum Gasteiger partial charge on any atom is -0.379 e. The third-order valence-corrected chi connectivity index (χ3v) is 1.88. The summed E-state index contributed by atoms with van der Waals surface area (Å²) in [7, 11) is 1.86. The maximum atomic E-state index is 6.95. The van der Waals surface area contributed by atoms with E-state index in [4.69, 9.17) is 11.1 Å². The van der Waals surface area contributed by atoms with Gasteiger partial charge in [-0.25, -0.2) is 0 Å². The van der Waals surface area contributed by atoms with E-state index >= 15 is 0 Å². The first-order valence-electron chi connectivity index (χ1n) is 3.00. The smallest absolute Gasteiger partial charge is 0.151 e. The lowest BCUT2D eigenvalue weighted by atomic mass is 10.7. The molecular weight excluding hydrogens is 162 g/mol. The van der Waals surface area contributed by atoms with Gasteiger partial charge in [0.25, 0.3) is 0 Å². The maximum absolute atomic E-state index is 6.95. The fourth-order valence-corrected chi connectivity index (χ4v) is 1.13. The number of hydrogen-bond acceptors (Lipinski definition) is 4. The first kappa shape index (κ1) is 8.06. The molecule has 11 heavy (non-hydrogen) atoms. The van der Waals surface area contributed by atoms with Crippen LogP contribution in [0.4, 0.5) is 0 Å². The van der Waals surface area contributed by atoms with E-state index in [-0.39, 0.29) is 5.17 Å². The molecule has 0 bridgehead atoms. The molecular formula is C5H9N5S. The molecule has 1 heterocycles. The van der Waals surface area contributed by atoms with Crippen LogP contribution in [0.25, 0.3) is 0 Å². The lowest BCUT2D eigenvalue weighted by Crippen LogP contribution is -2.05. The van der Waals surface area contributed by atoms with Crippen molar-refractivity contribution < 1.29 is 0 Å². The van der Waals surface area contributed by atoms with Crippen LogP contribution < -0.4 is 5.73 Å². The molecule has 0 aliphatic carbocycles. The maximum Gasteiger partial charge on any atom is 0.151 e. The van der Waals surface area contributed by atoms with Crippen LogP contribution in [0.3, 0.4) is 0 Å². The number of nitrogens with one attached hydrogen (secondary N) is 1. The van der Waals surface area contributed by atoms with Crippen LogP contribution in [0, 0.1) is 5.41 Å². The van der Waals surface area contributed by atoms with Crippen LogP contribution in [0.2, 0.25) is 0 Å². The van der Waals surface area contributed by atoms with E-state index in [0.717, 1.165) is 5.82 Å². The summed E-state index contributed by atoms with van der Waals surface area (Å²) in [5, 5.41) is 14.6. The minimum absolute atomic E-state index is 0.105.